The Hall–Kier alpha value is -2.37. The fraction of sp³-hybridized carbons (Fsp3) is 0.167. The second-order valence-electron chi connectivity index (χ2n) is 3.97. The molecule has 94 valence electrons. The first kappa shape index (κ1) is 12.1. The van der Waals surface area contributed by atoms with Crippen LogP contribution < -0.4 is 11.1 Å². The molecule has 2 rings (SSSR count). The van der Waals surface area contributed by atoms with Gasteiger partial charge in [0.25, 0.3) is 5.91 Å². The molecule has 0 saturated heterocycles. The van der Waals surface area contributed by atoms with Gasteiger partial charge in [0.05, 0.1) is 17.8 Å². The zero-order valence-electron chi connectivity index (χ0n) is 9.77. The highest BCUT2D eigenvalue weighted by molar-refractivity contribution is 5.95. The third-order valence-electron chi connectivity index (χ3n) is 2.60. The lowest BCUT2D eigenvalue weighted by Crippen LogP contribution is -2.27. The number of halogens is 1. The van der Waals surface area contributed by atoms with Crippen molar-refractivity contribution in [3.63, 3.8) is 0 Å². The predicted octanol–water partition coefficient (Wildman–Crippen LogP) is 1.62. The summed E-state index contributed by atoms with van der Waals surface area (Å²) in [6.07, 6.45) is 3.27. The number of carbonyl (C=O) groups excluding carboxylic acids is 1. The van der Waals surface area contributed by atoms with Crippen molar-refractivity contribution < 1.29 is 9.18 Å². The molecule has 1 aromatic heterocycles. The number of nitrogens with two attached hydrogens (primary N) is 1. The fourth-order valence-electron chi connectivity index (χ4n) is 1.57. The topological polar surface area (TPSA) is 83.8 Å². The van der Waals surface area contributed by atoms with Gasteiger partial charge >= 0.3 is 0 Å². The molecular formula is C12H13FN4O. The van der Waals surface area contributed by atoms with Crippen LogP contribution in [0, 0.1) is 5.82 Å². The molecule has 18 heavy (non-hydrogen) atoms. The van der Waals surface area contributed by atoms with E-state index < -0.39 is 11.7 Å². The van der Waals surface area contributed by atoms with Gasteiger partial charge in [0.2, 0.25) is 0 Å². The maximum Gasteiger partial charge on any atom is 0.254 e. The van der Waals surface area contributed by atoms with E-state index in [1.807, 2.05) is 0 Å². The molecule has 0 saturated carbocycles. The number of nitrogens with one attached hydrogen (secondary N) is 2. The normalized spacial score (nSPS) is 12.1. The van der Waals surface area contributed by atoms with Crippen molar-refractivity contribution in [3.05, 3.63) is 47.5 Å². The van der Waals surface area contributed by atoms with Crippen molar-refractivity contribution >= 4 is 11.6 Å². The first-order chi connectivity index (χ1) is 8.58. The Bertz CT molecular complexity index is 553. The highest BCUT2D eigenvalue weighted by atomic mass is 19.1. The van der Waals surface area contributed by atoms with Gasteiger partial charge in [0.15, 0.2) is 0 Å². The predicted molar refractivity (Wildman–Crippen MR) is 65.3 cm³/mol. The number of rotatable bonds is 3. The molecule has 1 unspecified atom stereocenters. The third-order valence-corrected chi connectivity index (χ3v) is 2.60. The van der Waals surface area contributed by atoms with Crippen LogP contribution in [0.2, 0.25) is 0 Å². The molecule has 1 aromatic carbocycles. The molecule has 4 N–H and O–H groups in total. The van der Waals surface area contributed by atoms with Crippen molar-refractivity contribution in [2.24, 2.45) is 0 Å². The van der Waals surface area contributed by atoms with E-state index in [0.29, 0.717) is 5.69 Å². The Balaban J connectivity index is 2.15. The number of nitrogen functional groups attached to an aromatic ring is 1. The van der Waals surface area contributed by atoms with Crippen LogP contribution in [0.25, 0.3) is 0 Å². The summed E-state index contributed by atoms with van der Waals surface area (Å²) in [5, 5.41) is 9.11. The van der Waals surface area contributed by atoms with Crippen molar-refractivity contribution in [3.8, 4) is 0 Å². The molecule has 0 aliphatic rings. The highest BCUT2D eigenvalue weighted by Gasteiger charge is 2.15. The van der Waals surface area contributed by atoms with Crippen LogP contribution in [0.15, 0.2) is 30.6 Å². The van der Waals surface area contributed by atoms with Crippen LogP contribution in [0.4, 0.5) is 10.1 Å². The zero-order chi connectivity index (χ0) is 13.1. The molecule has 0 bridgehead atoms. The van der Waals surface area contributed by atoms with E-state index in [1.54, 1.807) is 19.3 Å². The second-order valence-corrected chi connectivity index (χ2v) is 3.97. The van der Waals surface area contributed by atoms with Gasteiger partial charge in [-0.2, -0.15) is 5.10 Å². The molecule has 2 aromatic rings. The monoisotopic (exact) mass is 248 g/mol. The van der Waals surface area contributed by atoms with Crippen molar-refractivity contribution in [2.75, 3.05) is 5.73 Å². The molecule has 0 spiro atoms. The molecule has 1 heterocycles. The van der Waals surface area contributed by atoms with Gasteiger partial charge in [-0.25, -0.2) is 4.39 Å². The number of hydrogen-bond acceptors (Lipinski definition) is 3. The molecule has 5 nitrogen and oxygen atoms in total. The van der Waals surface area contributed by atoms with E-state index in [9.17, 15) is 9.18 Å². The van der Waals surface area contributed by atoms with Gasteiger partial charge in [0, 0.05) is 17.4 Å². The lowest BCUT2D eigenvalue weighted by molar-refractivity contribution is 0.0936. The van der Waals surface area contributed by atoms with Gasteiger partial charge in [-0.3, -0.25) is 9.89 Å². The van der Waals surface area contributed by atoms with Crippen LogP contribution in [0.5, 0.6) is 0 Å². The lowest BCUT2D eigenvalue weighted by Gasteiger charge is -2.12. The number of nitrogens with zero attached hydrogens (tertiary/aromatic N) is 1. The summed E-state index contributed by atoms with van der Waals surface area (Å²) in [6.45, 7) is 1.78. The number of aromatic amines is 1. The van der Waals surface area contributed by atoms with E-state index >= 15 is 0 Å². The minimum Gasteiger partial charge on any atom is -0.399 e. The molecule has 1 atom stereocenters. The fourth-order valence-corrected chi connectivity index (χ4v) is 1.57. The van der Waals surface area contributed by atoms with Crippen LogP contribution in [-0.2, 0) is 0 Å². The van der Waals surface area contributed by atoms with Crippen molar-refractivity contribution in [1.82, 2.24) is 15.5 Å². The Labute approximate surface area is 103 Å². The van der Waals surface area contributed by atoms with Crippen molar-refractivity contribution in [2.45, 2.75) is 13.0 Å². The maximum atomic E-state index is 13.5. The van der Waals surface area contributed by atoms with Gasteiger partial charge < -0.3 is 11.1 Å². The van der Waals surface area contributed by atoms with Crippen LogP contribution in [-0.4, -0.2) is 16.1 Å². The summed E-state index contributed by atoms with van der Waals surface area (Å²) in [7, 11) is 0. The van der Waals surface area contributed by atoms with E-state index in [-0.39, 0.29) is 11.6 Å². The molecular weight excluding hydrogens is 235 g/mol. The Kier molecular flexibility index (Phi) is 3.27. The number of carbonyl (C=O) groups is 1. The standard InChI is InChI=1S/C12H13FN4O/c1-7(8-5-15-16-6-8)17-12(18)10-4-9(14)2-3-11(10)13/h2-7H,14H2,1H3,(H,15,16)(H,17,18). The number of anilines is 1. The first-order valence-corrected chi connectivity index (χ1v) is 5.42. The molecule has 6 heteroatoms. The van der Waals surface area contributed by atoms with E-state index in [0.717, 1.165) is 5.56 Å². The summed E-state index contributed by atoms with van der Waals surface area (Å²) in [5.41, 5.74) is 6.62. The van der Waals surface area contributed by atoms with E-state index in [4.69, 9.17) is 5.73 Å². The molecule has 0 aliphatic heterocycles. The number of H-pyrrole nitrogens is 1. The minimum atomic E-state index is -0.596. The number of amides is 1. The Morgan fingerprint density at radius 3 is 3.00 bits per heavy atom. The van der Waals surface area contributed by atoms with Crippen LogP contribution in [0.3, 0.4) is 0 Å². The average Bonchev–Trinajstić information content (AvgIpc) is 2.85. The van der Waals surface area contributed by atoms with Crippen LogP contribution >= 0.6 is 0 Å². The smallest absolute Gasteiger partial charge is 0.254 e. The number of hydrogen-bond donors (Lipinski definition) is 3. The van der Waals surface area contributed by atoms with E-state index in [2.05, 4.69) is 15.5 Å². The number of aromatic nitrogens is 2. The summed E-state index contributed by atoms with van der Waals surface area (Å²) in [4.78, 5) is 11.9. The van der Waals surface area contributed by atoms with Gasteiger partial charge in [0.1, 0.15) is 5.82 Å². The highest BCUT2D eigenvalue weighted by Crippen LogP contribution is 2.15. The van der Waals surface area contributed by atoms with Crippen molar-refractivity contribution in [1.29, 1.82) is 0 Å². The summed E-state index contributed by atoms with van der Waals surface area (Å²) in [6, 6.07) is 3.63. The third kappa shape index (κ3) is 2.48. The average molecular weight is 248 g/mol. The Morgan fingerprint density at radius 2 is 2.33 bits per heavy atom. The first-order valence-electron chi connectivity index (χ1n) is 5.42. The van der Waals surface area contributed by atoms with Gasteiger partial charge in [-0.15, -0.1) is 0 Å². The summed E-state index contributed by atoms with van der Waals surface area (Å²) in [5.74, 6) is -1.10. The second kappa shape index (κ2) is 4.87. The Morgan fingerprint density at radius 1 is 1.56 bits per heavy atom. The SMILES string of the molecule is CC(NC(=O)c1cc(N)ccc1F)c1cn[nH]c1. The molecule has 0 radical (unpaired) electrons. The largest absolute Gasteiger partial charge is 0.399 e. The van der Waals surface area contributed by atoms with E-state index in [1.165, 1.54) is 18.2 Å². The minimum absolute atomic E-state index is 0.0645. The van der Waals surface area contributed by atoms with Gasteiger partial charge in [-0.1, -0.05) is 0 Å². The van der Waals surface area contributed by atoms with Crippen LogP contribution in [0.1, 0.15) is 28.9 Å². The zero-order valence-corrected chi connectivity index (χ0v) is 9.77. The maximum absolute atomic E-state index is 13.5. The summed E-state index contributed by atoms with van der Waals surface area (Å²) >= 11 is 0. The molecule has 0 fully saturated rings. The summed E-state index contributed by atoms with van der Waals surface area (Å²) < 4.78 is 13.5. The number of benzene rings is 1. The molecule has 1 amide bonds. The van der Waals surface area contributed by atoms with Gasteiger partial charge in [-0.05, 0) is 25.1 Å². The molecule has 0 aliphatic carbocycles. The quantitative estimate of drug-likeness (QED) is 0.722. The lowest BCUT2D eigenvalue weighted by atomic mass is 10.1.